The number of carbonyl (C=O) groups excluding carboxylic acids is 1. The Hall–Kier alpha value is -0.220. The molecule has 1 aliphatic heterocycles. The van der Waals surface area contributed by atoms with Crippen molar-refractivity contribution in [3.05, 3.63) is 0 Å². The fourth-order valence-electron chi connectivity index (χ4n) is 0.530. The Labute approximate surface area is 58.3 Å². The van der Waals surface area contributed by atoms with E-state index in [0.717, 1.165) is 11.9 Å². The van der Waals surface area contributed by atoms with Crippen LogP contribution in [0.25, 0.3) is 0 Å². The van der Waals surface area contributed by atoms with Crippen LogP contribution >= 0.6 is 11.9 Å². The van der Waals surface area contributed by atoms with Gasteiger partial charge in [-0.2, -0.15) is 0 Å². The van der Waals surface area contributed by atoms with Crippen LogP contribution in [0.5, 0.6) is 0 Å². The van der Waals surface area contributed by atoms with Gasteiger partial charge in [-0.15, -0.1) is 0 Å². The van der Waals surface area contributed by atoms with Crippen LogP contribution in [0, 0.1) is 5.92 Å². The molecule has 4 heteroatoms. The number of hydrogen-bond donors (Lipinski definition) is 1. The zero-order valence-electron chi connectivity index (χ0n) is 5.38. The van der Waals surface area contributed by atoms with Crippen LogP contribution < -0.4 is 4.72 Å². The van der Waals surface area contributed by atoms with Gasteiger partial charge in [-0.3, -0.25) is 0 Å². The van der Waals surface area contributed by atoms with Gasteiger partial charge < -0.3 is 4.74 Å². The summed E-state index contributed by atoms with van der Waals surface area (Å²) in [7, 11) is 0. The molecular formula is C5H9NO2S. The summed E-state index contributed by atoms with van der Waals surface area (Å²) >= 11 is 1.02. The molecule has 1 heterocycles. The maximum absolute atomic E-state index is 10.4. The van der Waals surface area contributed by atoms with Crippen molar-refractivity contribution in [1.29, 1.82) is 0 Å². The summed E-state index contributed by atoms with van der Waals surface area (Å²) in [6.07, 6.45) is -0.0949. The summed E-state index contributed by atoms with van der Waals surface area (Å²) in [4.78, 5) is 10.4. The maximum Gasteiger partial charge on any atom is 0.384 e. The Morgan fingerprint density at radius 1 is 1.78 bits per heavy atom. The third-order valence-electron chi connectivity index (χ3n) is 1.09. The number of nitrogens with one attached hydrogen (secondary N) is 1. The minimum Gasteiger partial charge on any atom is -0.436 e. The average Bonchev–Trinajstić information content (AvgIpc) is 2.14. The Morgan fingerprint density at radius 2 is 2.44 bits per heavy atom. The fourth-order valence-corrected chi connectivity index (χ4v) is 1.21. The molecular weight excluding hydrogens is 138 g/mol. The first-order valence-electron chi connectivity index (χ1n) is 2.83. The fraction of sp³-hybridized carbons (Fsp3) is 0.800. The van der Waals surface area contributed by atoms with E-state index in [0.29, 0.717) is 5.92 Å². The summed E-state index contributed by atoms with van der Waals surface area (Å²) in [5, 5.41) is -0.228. The van der Waals surface area contributed by atoms with Crippen molar-refractivity contribution in [2.24, 2.45) is 5.92 Å². The van der Waals surface area contributed by atoms with Crippen LogP contribution in [0.3, 0.4) is 0 Å². The lowest BCUT2D eigenvalue weighted by Crippen LogP contribution is -2.25. The third-order valence-corrected chi connectivity index (χ3v) is 1.70. The summed E-state index contributed by atoms with van der Waals surface area (Å²) in [6, 6.07) is 0. The lowest BCUT2D eigenvalue weighted by atomic mass is 10.2. The number of carbonyl (C=O) groups is 1. The highest BCUT2D eigenvalue weighted by Crippen LogP contribution is 2.18. The summed E-state index contributed by atoms with van der Waals surface area (Å²) < 4.78 is 7.69. The molecule has 1 rings (SSSR count). The number of rotatable bonds is 1. The van der Waals surface area contributed by atoms with Crippen LogP contribution in [0.15, 0.2) is 0 Å². The summed E-state index contributed by atoms with van der Waals surface area (Å²) in [5.74, 6) is 0.351. The molecule has 0 aliphatic carbocycles. The van der Waals surface area contributed by atoms with E-state index in [4.69, 9.17) is 4.74 Å². The van der Waals surface area contributed by atoms with E-state index >= 15 is 0 Å². The van der Waals surface area contributed by atoms with Gasteiger partial charge in [0.25, 0.3) is 0 Å². The van der Waals surface area contributed by atoms with E-state index < -0.39 is 0 Å². The van der Waals surface area contributed by atoms with Gasteiger partial charge in [0.1, 0.15) is 0 Å². The van der Waals surface area contributed by atoms with Crippen LogP contribution in [-0.4, -0.2) is 11.5 Å². The number of ether oxygens (including phenoxy) is 1. The number of hydrogen-bond acceptors (Lipinski definition) is 4. The largest absolute Gasteiger partial charge is 0.436 e. The monoisotopic (exact) mass is 147 g/mol. The van der Waals surface area contributed by atoms with Crippen molar-refractivity contribution < 1.29 is 9.53 Å². The van der Waals surface area contributed by atoms with Gasteiger partial charge in [-0.1, -0.05) is 13.8 Å². The van der Waals surface area contributed by atoms with Crippen molar-refractivity contribution in [2.75, 3.05) is 0 Å². The predicted octanol–water partition coefficient (Wildman–Crippen LogP) is 1.36. The van der Waals surface area contributed by atoms with Gasteiger partial charge in [0.05, 0.1) is 0 Å². The highest BCUT2D eigenvalue weighted by atomic mass is 32.2. The van der Waals surface area contributed by atoms with Gasteiger partial charge in [-0.25, -0.2) is 9.52 Å². The minimum absolute atomic E-state index is 0.0949. The topological polar surface area (TPSA) is 38.3 Å². The quantitative estimate of drug-likeness (QED) is 0.449. The van der Waals surface area contributed by atoms with Crippen molar-refractivity contribution >= 4 is 17.2 Å². The zero-order chi connectivity index (χ0) is 6.85. The molecule has 1 aliphatic rings. The maximum atomic E-state index is 10.4. The Bertz CT molecular complexity index is 126. The Kier molecular flexibility index (Phi) is 1.97. The summed E-state index contributed by atoms with van der Waals surface area (Å²) in [5.41, 5.74) is 0. The molecule has 0 aromatic rings. The van der Waals surface area contributed by atoms with Crippen LogP contribution in [-0.2, 0) is 4.74 Å². The Balaban J connectivity index is 2.39. The van der Waals surface area contributed by atoms with Crippen molar-refractivity contribution in [3.8, 4) is 0 Å². The zero-order valence-corrected chi connectivity index (χ0v) is 6.20. The molecule has 1 atom stereocenters. The molecule has 0 radical (unpaired) electrons. The highest BCUT2D eigenvalue weighted by Gasteiger charge is 2.25. The standard InChI is InChI=1S/C5H9NO2S/c1-3(2)4-6-9-5(7)8-4/h3-4,6H,1-2H3. The molecule has 0 spiro atoms. The average molecular weight is 147 g/mol. The first-order chi connectivity index (χ1) is 4.20. The molecule has 1 unspecified atom stereocenters. The molecule has 1 saturated heterocycles. The molecule has 0 aromatic heterocycles. The van der Waals surface area contributed by atoms with Crippen LogP contribution in [0.2, 0.25) is 0 Å². The highest BCUT2D eigenvalue weighted by molar-refractivity contribution is 8.11. The third kappa shape index (κ3) is 1.59. The van der Waals surface area contributed by atoms with E-state index in [9.17, 15) is 4.79 Å². The molecule has 0 amide bonds. The SMILES string of the molecule is CC(C)C1NSC(=O)O1. The minimum atomic E-state index is -0.228. The first kappa shape index (κ1) is 6.89. The van der Waals surface area contributed by atoms with Gasteiger partial charge >= 0.3 is 5.30 Å². The van der Waals surface area contributed by atoms with E-state index in [2.05, 4.69) is 4.72 Å². The second-order valence-corrected chi connectivity index (χ2v) is 3.03. The lowest BCUT2D eigenvalue weighted by Gasteiger charge is -2.10. The molecule has 0 saturated carbocycles. The molecule has 1 fully saturated rings. The van der Waals surface area contributed by atoms with E-state index in [-0.39, 0.29) is 11.5 Å². The van der Waals surface area contributed by atoms with E-state index in [1.54, 1.807) is 0 Å². The van der Waals surface area contributed by atoms with E-state index in [1.165, 1.54) is 0 Å². The molecule has 9 heavy (non-hydrogen) atoms. The first-order valence-corrected chi connectivity index (χ1v) is 3.65. The van der Waals surface area contributed by atoms with Crippen LogP contribution in [0.4, 0.5) is 4.79 Å². The second kappa shape index (κ2) is 2.58. The molecule has 52 valence electrons. The number of cyclic esters (lactones) is 1. The van der Waals surface area contributed by atoms with Crippen molar-refractivity contribution in [2.45, 2.75) is 20.1 Å². The molecule has 3 nitrogen and oxygen atoms in total. The van der Waals surface area contributed by atoms with Crippen molar-refractivity contribution in [3.63, 3.8) is 0 Å². The Morgan fingerprint density at radius 3 is 2.67 bits per heavy atom. The van der Waals surface area contributed by atoms with Crippen molar-refractivity contribution in [1.82, 2.24) is 4.72 Å². The molecule has 1 N–H and O–H groups in total. The van der Waals surface area contributed by atoms with Gasteiger partial charge in [0.2, 0.25) is 0 Å². The van der Waals surface area contributed by atoms with Gasteiger partial charge in [0.15, 0.2) is 6.23 Å². The normalized spacial score (nSPS) is 27.0. The smallest absolute Gasteiger partial charge is 0.384 e. The summed E-state index contributed by atoms with van der Waals surface area (Å²) in [6.45, 7) is 3.99. The van der Waals surface area contributed by atoms with Gasteiger partial charge in [-0.05, 0) is 0 Å². The van der Waals surface area contributed by atoms with E-state index in [1.807, 2.05) is 13.8 Å². The van der Waals surface area contributed by atoms with Crippen LogP contribution in [0.1, 0.15) is 13.8 Å². The second-order valence-electron chi connectivity index (χ2n) is 2.25. The molecule has 0 aromatic carbocycles. The predicted molar refractivity (Wildman–Crippen MR) is 35.8 cm³/mol. The lowest BCUT2D eigenvalue weighted by molar-refractivity contribution is 0.0993. The molecule has 0 bridgehead atoms. The van der Waals surface area contributed by atoms with Gasteiger partial charge in [0, 0.05) is 17.9 Å².